The molecule has 0 radical (unpaired) electrons. The number of benzene rings is 2. The summed E-state index contributed by atoms with van der Waals surface area (Å²) in [5.41, 5.74) is 3.27. The Bertz CT molecular complexity index is 898. The maximum absolute atomic E-state index is 12.0. The van der Waals surface area contributed by atoms with Crippen molar-refractivity contribution < 1.29 is 4.79 Å². The number of carbonyl (C=O) groups is 1. The summed E-state index contributed by atoms with van der Waals surface area (Å²) in [5, 5.41) is 9.63. The van der Waals surface area contributed by atoms with E-state index < -0.39 is 0 Å². The summed E-state index contributed by atoms with van der Waals surface area (Å²) in [6.45, 7) is 1.58. The molecule has 2 heterocycles. The minimum absolute atomic E-state index is 0.0117. The number of thiophene rings is 1. The standard InChI is InChI=1S/C19H16N2OS/c1-13(22)21-18(14-7-3-2-4-8-14)11-17(20-21)16-12-23-19-10-6-5-9-15(16)19/h2-10,12,18H,11H2,1H3. The Morgan fingerprint density at radius 1 is 1.13 bits per heavy atom. The summed E-state index contributed by atoms with van der Waals surface area (Å²) in [4.78, 5) is 12.0. The lowest BCUT2D eigenvalue weighted by molar-refractivity contribution is -0.130. The fourth-order valence-corrected chi connectivity index (χ4v) is 4.07. The van der Waals surface area contributed by atoms with E-state index in [0.717, 1.165) is 23.3 Å². The molecule has 2 aromatic carbocycles. The molecule has 0 saturated heterocycles. The zero-order valence-corrected chi connectivity index (χ0v) is 13.6. The van der Waals surface area contributed by atoms with Crippen LogP contribution in [-0.4, -0.2) is 16.6 Å². The van der Waals surface area contributed by atoms with Crippen molar-refractivity contribution in [1.82, 2.24) is 5.01 Å². The number of nitrogens with zero attached hydrogens (tertiary/aromatic N) is 2. The van der Waals surface area contributed by atoms with Crippen LogP contribution in [0, 0.1) is 0 Å². The summed E-state index contributed by atoms with van der Waals surface area (Å²) >= 11 is 1.72. The van der Waals surface area contributed by atoms with Gasteiger partial charge in [0.15, 0.2) is 0 Å². The molecule has 4 rings (SSSR count). The lowest BCUT2D eigenvalue weighted by atomic mass is 9.98. The lowest BCUT2D eigenvalue weighted by Gasteiger charge is -2.20. The highest BCUT2D eigenvalue weighted by Gasteiger charge is 2.31. The third-order valence-corrected chi connectivity index (χ3v) is 5.17. The van der Waals surface area contributed by atoms with Crippen molar-refractivity contribution in [2.75, 3.05) is 0 Å². The third-order valence-electron chi connectivity index (χ3n) is 4.21. The molecule has 0 aliphatic carbocycles. The first kappa shape index (κ1) is 14.2. The Hall–Kier alpha value is -2.46. The van der Waals surface area contributed by atoms with E-state index >= 15 is 0 Å². The van der Waals surface area contributed by atoms with Crippen molar-refractivity contribution in [3.63, 3.8) is 0 Å². The number of hydrogen-bond acceptors (Lipinski definition) is 3. The summed E-state index contributed by atoms with van der Waals surface area (Å²) < 4.78 is 1.25. The van der Waals surface area contributed by atoms with Gasteiger partial charge in [-0.3, -0.25) is 4.79 Å². The molecule has 1 atom stereocenters. The lowest BCUT2D eigenvalue weighted by Crippen LogP contribution is -2.24. The zero-order valence-electron chi connectivity index (χ0n) is 12.8. The van der Waals surface area contributed by atoms with Gasteiger partial charge < -0.3 is 0 Å². The molecule has 3 aromatic rings. The number of hydrazone groups is 1. The summed E-state index contributed by atoms with van der Waals surface area (Å²) in [5.74, 6) is -0.0200. The maximum atomic E-state index is 12.0. The SMILES string of the molecule is CC(=O)N1N=C(c2csc3ccccc23)CC1c1ccccc1. The molecule has 0 spiro atoms. The number of carbonyl (C=O) groups excluding carboxylic acids is 1. The average Bonchev–Trinajstić information content (AvgIpc) is 3.19. The number of amides is 1. The average molecular weight is 320 g/mol. The van der Waals surface area contributed by atoms with Crippen molar-refractivity contribution in [1.29, 1.82) is 0 Å². The highest BCUT2D eigenvalue weighted by Crippen LogP contribution is 2.36. The summed E-state index contributed by atoms with van der Waals surface area (Å²) in [7, 11) is 0. The minimum Gasteiger partial charge on any atom is -0.273 e. The van der Waals surface area contributed by atoms with Crippen molar-refractivity contribution in [2.45, 2.75) is 19.4 Å². The Labute approximate surface area is 138 Å². The topological polar surface area (TPSA) is 32.7 Å². The highest BCUT2D eigenvalue weighted by atomic mass is 32.1. The summed E-state index contributed by atoms with van der Waals surface area (Å²) in [6, 6.07) is 18.5. The van der Waals surface area contributed by atoms with E-state index in [1.54, 1.807) is 23.3 Å². The van der Waals surface area contributed by atoms with Gasteiger partial charge in [-0.15, -0.1) is 11.3 Å². The molecule has 1 unspecified atom stereocenters. The third kappa shape index (κ3) is 2.45. The van der Waals surface area contributed by atoms with Crippen LogP contribution in [0.1, 0.15) is 30.5 Å². The molecular weight excluding hydrogens is 304 g/mol. The summed E-state index contributed by atoms with van der Waals surface area (Å²) in [6.07, 6.45) is 0.754. The van der Waals surface area contributed by atoms with Crippen molar-refractivity contribution in [3.05, 3.63) is 71.1 Å². The largest absolute Gasteiger partial charge is 0.273 e. The molecular formula is C19H16N2OS. The smallest absolute Gasteiger partial charge is 0.240 e. The van der Waals surface area contributed by atoms with Crippen LogP contribution >= 0.6 is 11.3 Å². The van der Waals surface area contributed by atoms with Gasteiger partial charge in [-0.2, -0.15) is 5.10 Å². The molecule has 114 valence electrons. The predicted octanol–water partition coefficient (Wildman–Crippen LogP) is 4.60. The van der Waals surface area contributed by atoms with Crippen molar-refractivity contribution >= 4 is 33.0 Å². The minimum atomic E-state index is -0.0200. The molecule has 1 amide bonds. The normalized spacial score (nSPS) is 17.5. The first-order chi connectivity index (χ1) is 11.2. The van der Waals surface area contributed by atoms with Crippen LogP contribution < -0.4 is 0 Å². The van der Waals surface area contributed by atoms with E-state index in [2.05, 4.69) is 34.7 Å². The van der Waals surface area contributed by atoms with Gasteiger partial charge in [-0.05, 0) is 11.6 Å². The van der Waals surface area contributed by atoms with Crippen molar-refractivity contribution in [2.24, 2.45) is 5.10 Å². The van der Waals surface area contributed by atoms with E-state index in [1.807, 2.05) is 30.3 Å². The zero-order chi connectivity index (χ0) is 15.8. The molecule has 0 saturated carbocycles. The van der Waals surface area contributed by atoms with E-state index in [4.69, 9.17) is 0 Å². The predicted molar refractivity (Wildman–Crippen MR) is 94.7 cm³/mol. The van der Waals surface area contributed by atoms with Gasteiger partial charge in [0.05, 0.1) is 11.8 Å². The second-order valence-corrected chi connectivity index (χ2v) is 6.60. The second-order valence-electron chi connectivity index (χ2n) is 5.69. The molecule has 0 N–H and O–H groups in total. The van der Waals surface area contributed by atoms with Gasteiger partial charge in [-0.25, -0.2) is 5.01 Å². The Kier molecular flexibility index (Phi) is 3.46. The monoisotopic (exact) mass is 320 g/mol. The second kappa shape index (κ2) is 5.63. The van der Waals surface area contributed by atoms with Gasteiger partial charge in [0.1, 0.15) is 0 Å². The molecule has 1 aliphatic heterocycles. The van der Waals surface area contributed by atoms with Gasteiger partial charge in [0, 0.05) is 34.4 Å². The van der Waals surface area contributed by atoms with Gasteiger partial charge >= 0.3 is 0 Å². The number of fused-ring (bicyclic) bond motifs is 1. The highest BCUT2D eigenvalue weighted by molar-refractivity contribution is 7.17. The van der Waals surface area contributed by atoms with E-state index in [9.17, 15) is 4.79 Å². The van der Waals surface area contributed by atoms with Crippen LogP contribution in [-0.2, 0) is 4.79 Å². The van der Waals surface area contributed by atoms with Gasteiger partial charge in [-0.1, -0.05) is 48.5 Å². The Morgan fingerprint density at radius 2 is 1.87 bits per heavy atom. The maximum Gasteiger partial charge on any atom is 0.240 e. The van der Waals surface area contributed by atoms with Gasteiger partial charge in [0.2, 0.25) is 5.91 Å². The van der Waals surface area contributed by atoms with E-state index in [1.165, 1.54) is 10.1 Å². The first-order valence-corrected chi connectivity index (χ1v) is 8.51. The van der Waals surface area contributed by atoms with Crippen molar-refractivity contribution in [3.8, 4) is 0 Å². The van der Waals surface area contributed by atoms with Crippen LogP contribution in [0.3, 0.4) is 0 Å². The fraction of sp³-hybridized carbons (Fsp3) is 0.158. The quantitative estimate of drug-likeness (QED) is 0.679. The molecule has 23 heavy (non-hydrogen) atoms. The van der Waals surface area contributed by atoms with E-state index in [-0.39, 0.29) is 11.9 Å². The molecule has 3 nitrogen and oxygen atoms in total. The van der Waals surface area contributed by atoms with Gasteiger partial charge in [0.25, 0.3) is 0 Å². The molecule has 1 aliphatic rings. The molecule has 1 aromatic heterocycles. The fourth-order valence-electron chi connectivity index (χ4n) is 3.10. The van der Waals surface area contributed by atoms with E-state index in [0.29, 0.717) is 0 Å². The first-order valence-electron chi connectivity index (χ1n) is 7.63. The Balaban J connectivity index is 1.76. The van der Waals surface area contributed by atoms with Crippen LogP contribution in [0.25, 0.3) is 10.1 Å². The van der Waals surface area contributed by atoms with Crippen LogP contribution in [0.5, 0.6) is 0 Å². The molecule has 0 fully saturated rings. The molecule has 0 bridgehead atoms. The van der Waals surface area contributed by atoms with Crippen LogP contribution in [0.4, 0.5) is 0 Å². The Morgan fingerprint density at radius 3 is 2.65 bits per heavy atom. The van der Waals surface area contributed by atoms with Crippen LogP contribution in [0.15, 0.2) is 65.1 Å². The molecule has 4 heteroatoms. The number of rotatable bonds is 2. The van der Waals surface area contributed by atoms with Crippen LogP contribution in [0.2, 0.25) is 0 Å². The number of hydrogen-bond donors (Lipinski definition) is 0.